The van der Waals surface area contributed by atoms with E-state index in [1.54, 1.807) is 24.3 Å². The molecule has 0 saturated heterocycles. The van der Waals surface area contributed by atoms with Crippen LogP contribution in [0.1, 0.15) is 15.9 Å². The highest BCUT2D eigenvalue weighted by molar-refractivity contribution is 6.08. The summed E-state index contributed by atoms with van der Waals surface area (Å²) >= 11 is 0. The Hall–Kier alpha value is -3.72. The smallest absolute Gasteiger partial charge is 0.189 e. The summed E-state index contributed by atoms with van der Waals surface area (Å²) in [5.41, 5.74) is 3.91. The number of ketones is 1. The van der Waals surface area contributed by atoms with E-state index in [1.165, 1.54) is 12.1 Å². The van der Waals surface area contributed by atoms with Gasteiger partial charge in [0.1, 0.15) is 5.75 Å². The summed E-state index contributed by atoms with van der Waals surface area (Å²) in [5.74, 6) is -0.258. The van der Waals surface area contributed by atoms with Crippen LogP contribution < -0.4 is 0 Å². The zero-order chi connectivity index (χ0) is 18.6. The van der Waals surface area contributed by atoms with Gasteiger partial charge in [0.05, 0.1) is 16.8 Å². The molecule has 1 heterocycles. The van der Waals surface area contributed by atoms with Gasteiger partial charge in [-0.15, -0.1) is 0 Å². The van der Waals surface area contributed by atoms with E-state index in [0.717, 1.165) is 27.7 Å². The summed E-state index contributed by atoms with van der Waals surface area (Å²) in [6.07, 6.45) is 3.25. The average molecular weight is 351 g/mol. The Morgan fingerprint density at radius 3 is 2.44 bits per heavy atom. The Morgan fingerprint density at radius 1 is 0.815 bits per heavy atom. The largest absolute Gasteiger partial charge is 0.507 e. The van der Waals surface area contributed by atoms with Crippen LogP contribution in [0.4, 0.5) is 0 Å². The predicted molar refractivity (Wildman–Crippen MR) is 109 cm³/mol. The number of phenolic OH excluding ortho intramolecular Hbond substituents is 1. The summed E-state index contributed by atoms with van der Waals surface area (Å²) in [7, 11) is 0. The number of pyridine rings is 1. The van der Waals surface area contributed by atoms with Gasteiger partial charge >= 0.3 is 0 Å². The highest BCUT2D eigenvalue weighted by Crippen LogP contribution is 2.26. The summed E-state index contributed by atoms with van der Waals surface area (Å²) in [6.45, 7) is 0. The van der Waals surface area contributed by atoms with Gasteiger partial charge in [-0.05, 0) is 35.9 Å². The highest BCUT2D eigenvalue weighted by Gasteiger charge is 2.08. The number of hydrogen-bond acceptors (Lipinski definition) is 3. The molecule has 0 atom stereocenters. The number of para-hydroxylation sites is 2. The van der Waals surface area contributed by atoms with Gasteiger partial charge < -0.3 is 5.11 Å². The molecule has 1 N–H and O–H groups in total. The highest BCUT2D eigenvalue weighted by atomic mass is 16.3. The maximum atomic E-state index is 12.4. The van der Waals surface area contributed by atoms with Crippen molar-refractivity contribution < 1.29 is 9.90 Å². The molecule has 0 fully saturated rings. The summed E-state index contributed by atoms with van der Waals surface area (Å²) < 4.78 is 0. The van der Waals surface area contributed by atoms with E-state index >= 15 is 0 Å². The minimum Gasteiger partial charge on any atom is -0.507 e. The van der Waals surface area contributed by atoms with Gasteiger partial charge in [-0.3, -0.25) is 4.79 Å². The maximum absolute atomic E-state index is 12.4. The summed E-state index contributed by atoms with van der Waals surface area (Å²) in [6, 6.07) is 26.4. The van der Waals surface area contributed by atoms with E-state index in [4.69, 9.17) is 4.98 Å². The van der Waals surface area contributed by atoms with E-state index in [2.05, 4.69) is 0 Å². The second-order valence-electron chi connectivity index (χ2n) is 6.19. The van der Waals surface area contributed by atoms with Crippen LogP contribution in [-0.2, 0) is 0 Å². The monoisotopic (exact) mass is 351 g/mol. The Morgan fingerprint density at radius 2 is 1.56 bits per heavy atom. The Bertz CT molecular complexity index is 1160. The van der Waals surface area contributed by atoms with Crippen LogP contribution in [0.5, 0.6) is 5.75 Å². The number of aromatic hydroxyl groups is 1. The number of nitrogens with zero attached hydrogens (tertiary/aromatic N) is 1. The van der Waals surface area contributed by atoms with Crippen molar-refractivity contribution in [3.63, 3.8) is 0 Å². The van der Waals surface area contributed by atoms with E-state index in [9.17, 15) is 9.90 Å². The third kappa shape index (κ3) is 3.48. The van der Waals surface area contributed by atoms with Gasteiger partial charge in [0.25, 0.3) is 0 Å². The number of allylic oxidation sites excluding steroid dienone is 1. The number of carbonyl (C=O) groups is 1. The molecule has 3 nitrogen and oxygen atoms in total. The minimum absolute atomic E-state index is 0.0170. The molecule has 3 heteroatoms. The Balaban J connectivity index is 1.70. The number of hydrogen-bond donors (Lipinski definition) is 1. The van der Waals surface area contributed by atoms with Crippen molar-refractivity contribution in [3.05, 3.63) is 102 Å². The molecule has 4 rings (SSSR count). The Labute approximate surface area is 157 Å². The van der Waals surface area contributed by atoms with Gasteiger partial charge in [0.15, 0.2) is 5.78 Å². The molecular formula is C24H17NO2. The summed E-state index contributed by atoms with van der Waals surface area (Å²) in [5, 5.41) is 10.9. The molecule has 0 aliphatic rings. The number of phenols is 1. The molecule has 0 unspecified atom stereocenters. The molecule has 0 bridgehead atoms. The van der Waals surface area contributed by atoms with Gasteiger partial charge in [0.2, 0.25) is 0 Å². The van der Waals surface area contributed by atoms with Crippen LogP contribution in [0.25, 0.3) is 28.2 Å². The molecule has 0 saturated carbocycles. The van der Waals surface area contributed by atoms with Crippen molar-refractivity contribution in [2.24, 2.45) is 0 Å². The topological polar surface area (TPSA) is 50.2 Å². The zero-order valence-corrected chi connectivity index (χ0v) is 14.5. The minimum atomic E-state index is -0.241. The van der Waals surface area contributed by atoms with Crippen molar-refractivity contribution in [3.8, 4) is 17.0 Å². The molecule has 0 spiro atoms. The lowest BCUT2D eigenvalue weighted by Crippen LogP contribution is -1.94. The number of benzene rings is 3. The molecular weight excluding hydrogens is 334 g/mol. The van der Waals surface area contributed by atoms with Gasteiger partial charge in [-0.1, -0.05) is 66.7 Å². The van der Waals surface area contributed by atoms with Gasteiger partial charge in [-0.25, -0.2) is 4.98 Å². The van der Waals surface area contributed by atoms with E-state index in [-0.39, 0.29) is 17.1 Å². The van der Waals surface area contributed by atoms with Crippen LogP contribution in [-0.4, -0.2) is 15.9 Å². The Kier molecular flexibility index (Phi) is 4.50. The third-order valence-electron chi connectivity index (χ3n) is 4.42. The van der Waals surface area contributed by atoms with Gasteiger partial charge in [-0.2, -0.15) is 0 Å². The van der Waals surface area contributed by atoms with E-state index in [1.807, 2.05) is 60.7 Å². The van der Waals surface area contributed by atoms with E-state index < -0.39 is 0 Å². The molecule has 1 aromatic heterocycles. The zero-order valence-electron chi connectivity index (χ0n) is 14.5. The number of carbonyl (C=O) groups excluding carboxylic acids is 1. The molecule has 0 aliphatic carbocycles. The van der Waals surface area contributed by atoms with Crippen molar-refractivity contribution >= 4 is 22.8 Å². The van der Waals surface area contributed by atoms with Crippen molar-refractivity contribution in [1.82, 2.24) is 4.98 Å². The average Bonchev–Trinajstić information content (AvgIpc) is 2.72. The van der Waals surface area contributed by atoms with Crippen molar-refractivity contribution in [1.29, 1.82) is 0 Å². The normalized spacial score (nSPS) is 11.1. The standard InChI is InChI=1S/C24H17NO2/c26-23-12-6-4-10-20(23)24(27)16-14-17-7-1-3-9-19(17)22-15-13-18-8-2-5-11-21(18)25-22/h1-16,26H. The fraction of sp³-hybridized carbons (Fsp3) is 0. The van der Waals surface area contributed by atoms with E-state index in [0.29, 0.717) is 0 Å². The second kappa shape index (κ2) is 7.26. The van der Waals surface area contributed by atoms with Crippen LogP contribution in [0.2, 0.25) is 0 Å². The van der Waals surface area contributed by atoms with Crippen molar-refractivity contribution in [2.45, 2.75) is 0 Å². The lowest BCUT2D eigenvalue weighted by atomic mass is 10.0. The lowest BCUT2D eigenvalue weighted by molar-refractivity contribution is 0.104. The lowest BCUT2D eigenvalue weighted by Gasteiger charge is -2.07. The maximum Gasteiger partial charge on any atom is 0.189 e. The van der Waals surface area contributed by atoms with Crippen molar-refractivity contribution in [2.75, 3.05) is 0 Å². The number of rotatable bonds is 4. The molecule has 0 amide bonds. The van der Waals surface area contributed by atoms with Crippen LogP contribution in [0.3, 0.4) is 0 Å². The third-order valence-corrected chi connectivity index (χ3v) is 4.42. The first-order chi connectivity index (χ1) is 13.2. The first-order valence-corrected chi connectivity index (χ1v) is 8.68. The number of aromatic nitrogens is 1. The second-order valence-corrected chi connectivity index (χ2v) is 6.19. The van der Waals surface area contributed by atoms with Gasteiger partial charge in [0, 0.05) is 10.9 Å². The first kappa shape index (κ1) is 16.7. The molecule has 4 aromatic rings. The molecule has 0 aliphatic heterocycles. The van der Waals surface area contributed by atoms with Crippen LogP contribution in [0, 0.1) is 0 Å². The first-order valence-electron chi connectivity index (χ1n) is 8.68. The molecule has 3 aromatic carbocycles. The summed E-state index contributed by atoms with van der Waals surface area (Å²) in [4.78, 5) is 17.1. The fourth-order valence-corrected chi connectivity index (χ4v) is 3.03. The van der Waals surface area contributed by atoms with Crippen LogP contribution in [0.15, 0.2) is 91.0 Å². The predicted octanol–water partition coefficient (Wildman–Crippen LogP) is 5.50. The molecule has 0 radical (unpaired) electrons. The number of fused-ring (bicyclic) bond motifs is 1. The molecule has 130 valence electrons. The fourth-order valence-electron chi connectivity index (χ4n) is 3.03. The van der Waals surface area contributed by atoms with Crippen LogP contribution >= 0.6 is 0 Å². The quantitative estimate of drug-likeness (QED) is 0.390. The SMILES string of the molecule is O=C(C=Cc1ccccc1-c1ccc2ccccc2n1)c1ccccc1O. The molecule has 27 heavy (non-hydrogen) atoms.